The fraction of sp³-hybridized carbons (Fsp3) is 0.348. The number of fused-ring (bicyclic) bond motifs is 1. The van der Waals surface area contributed by atoms with Crippen LogP contribution in [0.4, 0.5) is 28.9 Å². The number of benzene rings is 2. The van der Waals surface area contributed by atoms with Gasteiger partial charge in [-0.3, -0.25) is 4.99 Å². The van der Waals surface area contributed by atoms with Gasteiger partial charge in [0, 0.05) is 23.8 Å². The Labute approximate surface area is 183 Å². The van der Waals surface area contributed by atoms with Gasteiger partial charge in [0.2, 0.25) is 0 Å². The average Bonchev–Trinajstić information content (AvgIpc) is 3.06. The van der Waals surface area contributed by atoms with Crippen molar-refractivity contribution in [2.45, 2.75) is 26.4 Å². The molecule has 0 spiro atoms. The molecule has 3 aromatic rings. The van der Waals surface area contributed by atoms with Gasteiger partial charge >= 0.3 is 6.18 Å². The summed E-state index contributed by atoms with van der Waals surface area (Å²) in [6.07, 6.45) is -2.56. The summed E-state index contributed by atoms with van der Waals surface area (Å²) in [7, 11) is 0. The van der Waals surface area contributed by atoms with Crippen LogP contribution in [-0.2, 0) is 6.18 Å². The first-order valence-corrected chi connectivity index (χ1v) is 10.4. The van der Waals surface area contributed by atoms with Crippen LogP contribution in [0.15, 0.2) is 41.4 Å². The number of hydrogen-bond donors (Lipinski definition) is 3. The van der Waals surface area contributed by atoms with Gasteiger partial charge in [-0.2, -0.15) is 13.2 Å². The lowest BCUT2D eigenvalue weighted by atomic mass is 10.1. The van der Waals surface area contributed by atoms with E-state index in [-0.39, 0.29) is 22.8 Å². The molecule has 0 saturated carbocycles. The van der Waals surface area contributed by atoms with E-state index in [9.17, 15) is 22.7 Å². The van der Waals surface area contributed by atoms with Gasteiger partial charge in [-0.15, -0.1) is 0 Å². The van der Waals surface area contributed by atoms with Crippen LogP contribution < -0.4 is 5.32 Å². The number of aliphatic imine (C=N–C) groups is 1. The topological polar surface area (TPSA) is 63.6 Å². The smallest absolute Gasteiger partial charge is 0.418 e. The van der Waals surface area contributed by atoms with Crippen LogP contribution in [0.5, 0.6) is 5.88 Å². The van der Waals surface area contributed by atoms with Crippen molar-refractivity contribution in [2.75, 3.05) is 31.5 Å². The van der Waals surface area contributed by atoms with Crippen molar-refractivity contribution in [1.82, 2.24) is 9.88 Å². The zero-order valence-corrected chi connectivity index (χ0v) is 17.9. The normalized spacial score (nSPS) is 12.3. The summed E-state index contributed by atoms with van der Waals surface area (Å²) in [4.78, 5) is 8.94. The van der Waals surface area contributed by atoms with Crippen LogP contribution in [0, 0.1) is 5.82 Å². The predicted octanol–water partition coefficient (Wildman–Crippen LogP) is 5.93. The minimum absolute atomic E-state index is 0.00131. The van der Waals surface area contributed by atoms with Gasteiger partial charge in [0.05, 0.1) is 22.3 Å². The monoisotopic (exact) mass is 450 g/mol. The highest BCUT2D eigenvalue weighted by Gasteiger charge is 2.33. The van der Waals surface area contributed by atoms with Crippen molar-refractivity contribution < 1.29 is 22.7 Å². The van der Waals surface area contributed by atoms with Crippen molar-refractivity contribution in [3.63, 3.8) is 0 Å². The molecule has 0 aliphatic carbocycles. The maximum Gasteiger partial charge on any atom is 0.418 e. The molecule has 0 saturated heterocycles. The van der Waals surface area contributed by atoms with E-state index in [2.05, 4.69) is 20.2 Å². The zero-order valence-electron chi connectivity index (χ0n) is 17.9. The first kappa shape index (κ1) is 23.6. The SMILES string of the molecule is CCN(CC)CCCNc1ccc(N=Cc2c(O)[nH]c3cc(F)ccc23)cc1C(F)(F)F. The van der Waals surface area contributed by atoms with Crippen LogP contribution in [0.25, 0.3) is 10.9 Å². The van der Waals surface area contributed by atoms with Gasteiger partial charge < -0.3 is 20.3 Å². The first-order chi connectivity index (χ1) is 15.2. The van der Waals surface area contributed by atoms with Crippen molar-refractivity contribution >= 4 is 28.5 Å². The Bertz CT molecular complexity index is 1090. The highest BCUT2D eigenvalue weighted by Crippen LogP contribution is 2.37. The number of alkyl halides is 3. The lowest BCUT2D eigenvalue weighted by Gasteiger charge is -2.19. The maximum absolute atomic E-state index is 13.6. The Hall–Kier alpha value is -3.07. The summed E-state index contributed by atoms with van der Waals surface area (Å²) in [5.74, 6) is -0.714. The van der Waals surface area contributed by atoms with Crippen LogP contribution in [0.1, 0.15) is 31.4 Å². The molecule has 32 heavy (non-hydrogen) atoms. The maximum atomic E-state index is 13.6. The van der Waals surface area contributed by atoms with Crippen LogP contribution in [-0.4, -0.2) is 47.4 Å². The molecular weight excluding hydrogens is 424 g/mol. The largest absolute Gasteiger partial charge is 0.494 e. The van der Waals surface area contributed by atoms with E-state index in [0.717, 1.165) is 32.1 Å². The number of halogens is 4. The van der Waals surface area contributed by atoms with Crippen molar-refractivity contribution in [3.8, 4) is 5.88 Å². The van der Waals surface area contributed by atoms with Gasteiger partial charge in [0.25, 0.3) is 0 Å². The molecule has 0 amide bonds. The molecule has 0 bridgehead atoms. The highest BCUT2D eigenvalue weighted by molar-refractivity contribution is 6.02. The Balaban J connectivity index is 1.79. The second kappa shape index (κ2) is 10.0. The third-order valence-electron chi connectivity index (χ3n) is 5.29. The molecule has 1 aromatic heterocycles. The number of aromatic nitrogens is 1. The summed E-state index contributed by atoms with van der Waals surface area (Å²) in [5.41, 5.74) is -0.0835. The molecule has 172 valence electrons. The number of rotatable bonds is 9. The third-order valence-corrected chi connectivity index (χ3v) is 5.29. The van der Waals surface area contributed by atoms with Crippen LogP contribution in [0.2, 0.25) is 0 Å². The summed E-state index contributed by atoms with van der Waals surface area (Å²) in [6, 6.07) is 7.72. The second-order valence-electron chi connectivity index (χ2n) is 7.37. The van der Waals surface area contributed by atoms with Crippen molar-refractivity contribution in [1.29, 1.82) is 0 Å². The standard InChI is InChI=1S/C23H26F4N4O/c1-3-31(4-2)11-5-10-28-20-9-7-16(13-19(20)23(25,26)27)29-14-18-17-8-6-15(24)12-21(17)30-22(18)32/h6-9,12-14,28,30,32H,3-5,10-11H2,1-2H3. The Kier molecular flexibility index (Phi) is 7.40. The van der Waals surface area contributed by atoms with E-state index in [1.165, 1.54) is 36.5 Å². The molecule has 0 aliphatic heterocycles. The van der Waals surface area contributed by atoms with Gasteiger partial charge in [-0.1, -0.05) is 13.8 Å². The van der Waals surface area contributed by atoms with Crippen molar-refractivity contribution in [2.24, 2.45) is 4.99 Å². The van der Waals surface area contributed by atoms with E-state index in [0.29, 0.717) is 17.4 Å². The number of anilines is 1. The summed E-state index contributed by atoms with van der Waals surface area (Å²) in [6.45, 7) is 7.12. The molecular formula is C23H26F4N4O. The summed E-state index contributed by atoms with van der Waals surface area (Å²) in [5, 5.41) is 13.5. The third kappa shape index (κ3) is 5.59. The molecule has 3 rings (SSSR count). The fourth-order valence-electron chi connectivity index (χ4n) is 3.51. The molecule has 0 fully saturated rings. The Morgan fingerprint density at radius 2 is 1.88 bits per heavy atom. The summed E-state index contributed by atoms with van der Waals surface area (Å²) >= 11 is 0. The molecule has 1 heterocycles. The van der Waals surface area contributed by atoms with Crippen LogP contribution >= 0.6 is 0 Å². The average molecular weight is 450 g/mol. The molecule has 9 heteroatoms. The predicted molar refractivity (Wildman–Crippen MR) is 120 cm³/mol. The molecule has 3 N–H and O–H groups in total. The fourth-order valence-corrected chi connectivity index (χ4v) is 3.51. The van der Waals surface area contributed by atoms with Gasteiger partial charge in [0.15, 0.2) is 5.88 Å². The van der Waals surface area contributed by atoms with Gasteiger partial charge in [-0.25, -0.2) is 4.39 Å². The van der Waals surface area contributed by atoms with E-state index >= 15 is 0 Å². The van der Waals surface area contributed by atoms with E-state index in [1.807, 2.05) is 13.8 Å². The Morgan fingerprint density at radius 1 is 1.12 bits per heavy atom. The molecule has 0 unspecified atom stereocenters. The van der Waals surface area contributed by atoms with E-state index in [1.54, 1.807) is 0 Å². The van der Waals surface area contributed by atoms with E-state index < -0.39 is 17.6 Å². The molecule has 2 aromatic carbocycles. The van der Waals surface area contributed by atoms with E-state index in [4.69, 9.17) is 0 Å². The lowest BCUT2D eigenvalue weighted by molar-refractivity contribution is -0.136. The number of hydrogen-bond acceptors (Lipinski definition) is 4. The number of H-pyrrole nitrogens is 1. The number of aromatic hydroxyl groups is 1. The minimum Gasteiger partial charge on any atom is -0.494 e. The number of aromatic amines is 1. The molecule has 0 aliphatic rings. The first-order valence-electron chi connectivity index (χ1n) is 10.4. The van der Waals surface area contributed by atoms with Gasteiger partial charge in [-0.05, 0) is 62.5 Å². The number of nitrogens with one attached hydrogen (secondary N) is 2. The molecule has 0 atom stereocenters. The minimum atomic E-state index is -4.55. The highest BCUT2D eigenvalue weighted by atomic mass is 19.4. The van der Waals surface area contributed by atoms with Crippen LogP contribution in [0.3, 0.4) is 0 Å². The quantitative estimate of drug-likeness (QED) is 0.215. The Morgan fingerprint density at radius 3 is 2.56 bits per heavy atom. The number of nitrogens with zero attached hydrogens (tertiary/aromatic N) is 2. The second-order valence-corrected chi connectivity index (χ2v) is 7.37. The van der Waals surface area contributed by atoms with Gasteiger partial charge in [0.1, 0.15) is 5.82 Å². The lowest BCUT2D eigenvalue weighted by Crippen LogP contribution is -2.25. The zero-order chi connectivity index (χ0) is 23.3. The molecule has 0 radical (unpaired) electrons. The van der Waals surface area contributed by atoms with Crippen molar-refractivity contribution in [3.05, 3.63) is 53.3 Å². The summed E-state index contributed by atoms with van der Waals surface area (Å²) < 4.78 is 54.2. The molecule has 5 nitrogen and oxygen atoms in total.